The molecular weight excluding hydrogens is 382 g/mol. The van der Waals surface area contributed by atoms with Crippen molar-refractivity contribution in [1.29, 1.82) is 0 Å². The van der Waals surface area contributed by atoms with Crippen LogP contribution in [0.2, 0.25) is 0 Å². The summed E-state index contributed by atoms with van der Waals surface area (Å²) in [6, 6.07) is 4.96. The third kappa shape index (κ3) is 4.20. The van der Waals surface area contributed by atoms with Gasteiger partial charge in [-0.2, -0.15) is 0 Å². The molecule has 0 atom stereocenters. The number of pyridine rings is 1. The Hall–Kier alpha value is -3.47. The van der Waals surface area contributed by atoms with Crippen molar-refractivity contribution in [2.45, 2.75) is 6.54 Å². The lowest BCUT2D eigenvalue weighted by atomic mass is 10.1. The number of nitro groups is 1. The molecule has 27 heavy (non-hydrogen) atoms. The third-order valence-electron chi connectivity index (χ3n) is 3.45. The molecule has 138 valence electrons. The first-order chi connectivity index (χ1) is 12.8. The molecule has 0 spiro atoms. The van der Waals surface area contributed by atoms with Crippen molar-refractivity contribution >= 4 is 28.1 Å². The van der Waals surface area contributed by atoms with E-state index in [2.05, 4.69) is 10.3 Å². The van der Waals surface area contributed by atoms with Gasteiger partial charge in [0.25, 0.3) is 11.2 Å². The maximum Gasteiger partial charge on any atom is 0.285 e. The van der Waals surface area contributed by atoms with E-state index in [4.69, 9.17) is 0 Å². The van der Waals surface area contributed by atoms with Gasteiger partial charge in [0.05, 0.1) is 16.8 Å². The molecule has 2 aromatic heterocycles. The van der Waals surface area contributed by atoms with Crippen LogP contribution in [0.3, 0.4) is 0 Å². The highest BCUT2D eigenvalue weighted by Gasteiger charge is 2.14. The number of thiazole rings is 1. The SMILES string of the molecule is O=C(Cn1cc([N+](=O)[O-])ccc1=O)Nc1nc(-c2cc(F)ccc2F)cs1. The molecule has 3 rings (SSSR count). The molecular formula is C16H10F2N4O4S. The highest BCUT2D eigenvalue weighted by Crippen LogP contribution is 2.27. The monoisotopic (exact) mass is 392 g/mol. The highest BCUT2D eigenvalue weighted by atomic mass is 32.1. The molecule has 0 aliphatic heterocycles. The van der Waals surface area contributed by atoms with Gasteiger partial charge in [0.1, 0.15) is 18.2 Å². The lowest BCUT2D eigenvalue weighted by Gasteiger charge is -2.05. The van der Waals surface area contributed by atoms with Gasteiger partial charge in [0, 0.05) is 23.1 Å². The Bertz CT molecular complexity index is 1100. The van der Waals surface area contributed by atoms with Gasteiger partial charge in [0.2, 0.25) is 5.91 Å². The second kappa shape index (κ2) is 7.41. The molecule has 8 nitrogen and oxygen atoms in total. The zero-order valence-corrected chi connectivity index (χ0v) is 14.2. The molecule has 0 radical (unpaired) electrons. The molecule has 0 saturated heterocycles. The first-order valence-electron chi connectivity index (χ1n) is 7.39. The average Bonchev–Trinajstić information content (AvgIpc) is 3.06. The van der Waals surface area contributed by atoms with Crippen LogP contribution in [0, 0.1) is 21.7 Å². The Morgan fingerprint density at radius 3 is 2.81 bits per heavy atom. The summed E-state index contributed by atoms with van der Waals surface area (Å²) < 4.78 is 27.9. The summed E-state index contributed by atoms with van der Waals surface area (Å²) in [4.78, 5) is 37.9. The molecule has 2 heterocycles. The standard InChI is InChI=1S/C16H10F2N4O4S/c17-9-1-3-12(18)11(5-9)13-8-27-16(19-13)20-14(23)7-21-6-10(22(25)26)2-4-15(21)24/h1-6,8H,7H2,(H,19,20,23). The van der Waals surface area contributed by atoms with Crippen molar-refractivity contribution in [2.75, 3.05) is 5.32 Å². The van der Waals surface area contributed by atoms with Crippen LogP contribution in [0.25, 0.3) is 11.3 Å². The Morgan fingerprint density at radius 1 is 1.30 bits per heavy atom. The van der Waals surface area contributed by atoms with E-state index in [1.165, 1.54) is 5.38 Å². The fourth-order valence-electron chi connectivity index (χ4n) is 2.21. The number of benzene rings is 1. The second-order valence-electron chi connectivity index (χ2n) is 5.32. The highest BCUT2D eigenvalue weighted by molar-refractivity contribution is 7.14. The first kappa shape index (κ1) is 18.3. The molecule has 1 aromatic carbocycles. The van der Waals surface area contributed by atoms with Crippen molar-refractivity contribution in [3.05, 3.63) is 74.0 Å². The minimum absolute atomic E-state index is 0.0540. The van der Waals surface area contributed by atoms with Crippen LogP contribution in [0.15, 0.2) is 46.7 Å². The molecule has 0 unspecified atom stereocenters. The number of halogens is 2. The molecule has 0 fully saturated rings. The van der Waals surface area contributed by atoms with Crippen molar-refractivity contribution in [3.63, 3.8) is 0 Å². The van der Waals surface area contributed by atoms with E-state index in [9.17, 15) is 28.5 Å². The summed E-state index contributed by atoms with van der Waals surface area (Å²) in [7, 11) is 0. The lowest BCUT2D eigenvalue weighted by Crippen LogP contribution is -2.26. The number of aromatic nitrogens is 2. The largest absolute Gasteiger partial charge is 0.300 e. The number of rotatable bonds is 5. The van der Waals surface area contributed by atoms with Crippen LogP contribution in [-0.2, 0) is 11.3 Å². The predicted octanol–water partition coefficient (Wildman–Crippen LogP) is 2.80. The van der Waals surface area contributed by atoms with E-state index in [1.54, 1.807) is 0 Å². The average molecular weight is 392 g/mol. The number of carbonyl (C=O) groups excluding carboxylic acids is 1. The van der Waals surface area contributed by atoms with Crippen LogP contribution in [0.5, 0.6) is 0 Å². The van der Waals surface area contributed by atoms with Gasteiger partial charge in [-0.05, 0) is 18.2 Å². The summed E-state index contributed by atoms with van der Waals surface area (Å²) in [5.41, 5.74) is -0.834. The molecule has 1 amide bonds. The molecule has 0 aliphatic carbocycles. The molecule has 1 N–H and O–H groups in total. The predicted molar refractivity (Wildman–Crippen MR) is 93.5 cm³/mol. The number of nitrogens with one attached hydrogen (secondary N) is 1. The Labute approximate surface area is 153 Å². The van der Waals surface area contributed by atoms with Crippen molar-refractivity contribution in [2.24, 2.45) is 0 Å². The maximum atomic E-state index is 13.8. The molecule has 0 bridgehead atoms. The van der Waals surface area contributed by atoms with Gasteiger partial charge >= 0.3 is 0 Å². The number of hydrogen-bond donors (Lipinski definition) is 1. The number of hydrogen-bond acceptors (Lipinski definition) is 6. The van der Waals surface area contributed by atoms with Gasteiger partial charge in [-0.3, -0.25) is 24.3 Å². The molecule has 0 saturated carbocycles. The van der Waals surface area contributed by atoms with Crippen LogP contribution in [-0.4, -0.2) is 20.4 Å². The van der Waals surface area contributed by atoms with E-state index < -0.39 is 34.6 Å². The van der Waals surface area contributed by atoms with Crippen molar-refractivity contribution < 1.29 is 18.5 Å². The van der Waals surface area contributed by atoms with Gasteiger partial charge in [-0.1, -0.05) is 0 Å². The fraction of sp³-hybridized carbons (Fsp3) is 0.0625. The number of anilines is 1. The number of carbonyl (C=O) groups is 1. The number of nitrogens with zero attached hydrogens (tertiary/aromatic N) is 3. The summed E-state index contributed by atoms with van der Waals surface area (Å²) in [6.45, 7) is -0.468. The van der Waals surface area contributed by atoms with Gasteiger partial charge < -0.3 is 5.32 Å². The first-order valence-corrected chi connectivity index (χ1v) is 8.27. The topological polar surface area (TPSA) is 107 Å². The van der Waals surface area contributed by atoms with Crippen molar-refractivity contribution in [1.82, 2.24) is 9.55 Å². The van der Waals surface area contributed by atoms with Crippen LogP contribution in [0.1, 0.15) is 0 Å². The Morgan fingerprint density at radius 2 is 2.07 bits per heavy atom. The van der Waals surface area contributed by atoms with Gasteiger partial charge in [0.15, 0.2) is 5.13 Å². The Kier molecular flexibility index (Phi) is 5.03. The molecule has 0 aliphatic rings. The Balaban J connectivity index is 1.75. The quantitative estimate of drug-likeness (QED) is 0.531. The van der Waals surface area contributed by atoms with Crippen molar-refractivity contribution in [3.8, 4) is 11.3 Å². The van der Waals surface area contributed by atoms with Gasteiger partial charge in [-0.25, -0.2) is 13.8 Å². The zero-order valence-electron chi connectivity index (χ0n) is 13.4. The summed E-state index contributed by atoms with van der Waals surface area (Å²) in [6.07, 6.45) is 0.956. The normalized spacial score (nSPS) is 10.6. The lowest BCUT2D eigenvalue weighted by molar-refractivity contribution is -0.385. The van der Waals surface area contributed by atoms with Crippen LogP contribution >= 0.6 is 11.3 Å². The fourth-order valence-corrected chi connectivity index (χ4v) is 2.94. The smallest absolute Gasteiger partial charge is 0.285 e. The van der Waals surface area contributed by atoms with Gasteiger partial charge in [-0.15, -0.1) is 11.3 Å². The van der Waals surface area contributed by atoms with E-state index in [-0.39, 0.29) is 22.1 Å². The second-order valence-corrected chi connectivity index (χ2v) is 6.18. The minimum Gasteiger partial charge on any atom is -0.300 e. The summed E-state index contributed by atoms with van der Waals surface area (Å²) in [5, 5.41) is 14.7. The summed E-state index contributed by atoms with van der Waals surface area (Å²) >= 11 is 0.982. The van der Waals surface area contributed by atoms with Crippen LogP contribution in [0.4, 0.5) is 19.6 Å². The van der Waals surface area contributed by atoms with E-state index in [1.807, 2.05) is 0 Å². The van der Waals surface area contributed by atoms with E-state index in [0.717, 1.165) is 52.4 Å². The van der Waals surface area contributed by atoms with Crippen LogP contribution < -0.4 is 10.9 Å². The minimum atomic E-state index is -0.686. The van der Waals surface area contributed by atoms with E-state index in [0.29, 0.717) is 0 Å². The zero-order chi connectivity index (χ0) is 19.6. The molecule has 11 heteroatoms. The maximum absolute atomic E-state index is 13.8. The third-order valence-corrected chi connectivity index (χ3v) is 4.21. The summed E-state index contributed by atoms with van der Waals surface area (Å²) in [5.74, 6) is -1.95. The van der Waals surface area contributed by atoms with E-state index >= 15 is 0 Å². The molecule has 3 aromatic rings. The number of amides is 1.